The fourth-order valence-electron chi connectivity index (χ4n) is 3.28. The zero-order chi connectivity index (χ0) is 21.2. The summed E-state index contributed by atoms with van der Waals surface area (Å²) in [4.78, 5) is 15.5. The molecule has 0 atom stereocenters. The lowest BCUT2D eigenvalue weighted by Crippen LogP contribution is -2.25. The quantitative estimate of drug-likeness (QED) is 0.521. The molecule has 2 heterocycles. The summed E-state index contributed by atoms with van der Waals surface area (Å²) in [7, 11) is -0.316. The topological polar surface area (TPSA) is 90.2 Å². The van der Waals surface area contributed by atoms with E-state index in [1.165, 1.54) is 0 Å². The highest BCUT2D eigenvalue weighted by molar-refractivity contribution is 7.90. The van der Waals surface area contributed by atoms with Gasteiger partial charge in [0.2, 0.25) is 9.84 Å². The van der Waals surface area contributed by atoms with E-state index in [0.717, 1.165) is 12.2 Å². The van der Waals surface area contributed by atoms with Crippen molar-refractivity contribution in [2.75, 3.05) is 25.1 Å². The summed E-state index contributed by atoms with van der Waals surface area (Å²) < 4.78 is 33.2. The van der Waals surface area contributed by atoms with Crippen LogP contribution in [0, 0.1) is 0 Å². The van der Waals surface area contributed by atoms with Crippen LogP contribution in [0.15, 0.2) is 29.4 Å². The van der Waals surface area contributed by atoms with E-state index >= 15 is 0 Å². The summed E-state index contributed by atoms with van der Waals surface area (Å²) in [6, 6.07) is 6.95. The Morgan fingerprint density at radius 1 is 1.03 bits per heavy atom. The summed E-state index contributed by atoms with van der Waals surface area (Å²) in [5.74, 6) is 1.89. The number of hydrogen-bond donors (Lipinski definition) is 0. The van der Waals surface area contributed by atoms with Crippen molar-refractivity contribution in [2.45, 2.75) is 38.1 Å². The van der Waals surface area contributed by atoms with Crippen LogP contribution in [0.1, 0.15) is 32.2 Å². The third kappa shape index (κ3) is 4.05. The number of sulfone groups is 1. The van der Waals surface area contributed by atoms with E-state index in [4.69, 9.17) is 4.74 Å². The first kappa shape index (κ1) is 21.0. The van der Waals surface area contributed by atoms with Crippen LogP contribution in [-0.4, -0.2) is 48.1 Å². The molecular formula is C20H27N5O3S. The molecule has 8 nitrogen and oxygen atoms in total. The van der Waals surface area contributed by atoms with Crippen LogP contribution in [0.25, 0.3) is 11.2 Å². The highest BCUT2D eigenvalue weighted by Crippen LogP contribution is 2.27. The number of imidazole rings is 1. The first-order valence-corrected chi connectivity index (χ1v) is 11.3. The Labute approximate surface area is 171 Å². The Balaban J connectivity index is 2.13. The lowest BCUT2D eigenvalue weighted by molar-refractivity contribution is 0.414. The van der Waals surface area contributed by atoms with Gasteiger partial charge in [-0.1, -0.05) is 19.1 Å². The fraction of sp³-hybridized carbons (Fsp3) is 0.450. The monoisotopic (exact) mass is 417 g/mol. The number of anilines is 1. The lowest BCUT2D eigenvalue weighted by atomic mass is 10.2. The molecule has 0 aliphatic heterocycles. The van der Waals surface area contributed by atoms with Crippen LogP contribution in [0.4, 0.5) is 5.82 Å². The van der Waals surface area contributed by atoms with Crippen molar-refractivity contribution in [1.29, 1.82) is 0 Å². The van der Waals surface area contributed by atoms with Gasteiger partial charge in [-0.2, -0.15) is 9.97 Å². The third-order valence-corrected chi connectivity index (χ3v) is 6.40. The second-order valence-electron chi connectivity index (χ2n) is 6.72. The van der Waals surface area contributed by atoms with Crippen LogP contribution in [0.3, 0.4) is 0 Å². The Hall–Kier alpha value is -2.68. The van der Waals surface area contributed by atoms with Crippen LogP contribution in [0.2, 0.25) is 0 Å². The highest BCUT2D eigenvalue weighted by Gasteiger charge is 2.25. The zero-order valence-electron chi connectivity index (χ0n) is 17.5. The zero-order valence-corrected chi connectivity index (χ0v) is 18.3. The van der Waals surface area contributed by atoms with Gasteiger partial charge >= 0.3 is 0 Å². The second-order valence-corrected chi connectivity index (χ2v) is 8.61. The number of aromatic nitrogens is 4. The van der Waals surface area contributed by atoms with Gasteiger partial charge in [-0.05, 0) is 31.5 Å². The van der Waals surface area contributed by atoms with Crippen LogP contribution in [-0.2, 0) is 29.1 Å². The number of methoxy groups -OCH3 is 1. The predicted octanol–water partition coefficient (Wildman–Crippen LogP) is 2.75. The molecule has 156 valence electrons. The van der Waals surface area contributed by atoms with Crippen LogP contribution < -0.4 is 9.64 Å². The van der Waals surface area contributed by atoms with Gasteiger partial charge < -0.3 is 14.2 Å². The minimum absolute atomic E-state index is 0.173. The van der Waals surface area contributed by atoms with Crippen molar-refractivity contribution < 1.29 is 13.2 Å². The Bertz CT molecular complexity index is 1100. The van der Waals surface area contributed by atoms with E-state index in [2.05, 4.69) is 15.0 Å². The van der Waals surface area contributed by atoms with Crippen molar-refractivity contribution in [3.63, 3.8) is 0 Å². The number of aryl methyl sites for hydroxylation is 2. The van der Waals surface area contributed by atoms with Crippen molar-refractivity contribution in [3.05, 3.63) is 35.7 Å². The Kier molecular flexibility index (Phi) is 6.07. The summed E-state index contributed by atoms with van der Waals surface area (Å²) >= 11 is 0. The van der Waals surface area contributed by atoms with Crippen molar-refractivity contribution in [1.82, 2.24) is 19.5 Å². The van der Waals surface area contributed by atoms with E-state index in [1.54, 1.807) is 31.4 Å². The molecule has 0 unspecified atom stereocenters. The molecule has 0 amide bonds. The Morgan fingerprint density at radius 2 is 1.69 bits per heavy atom. The molecule has 0 saturated heterocycles. The Morgan fingerprint density at radius 3 is 2.24 bits per heavy atom. The van der Waals surface area contributed by atoms with E-state index in [1.807, 2.05) is 37.3 Å². The lowest BCUT2D eigenvalue weighted by Gasteiger charge is -2.20. The van der Waals surface area contributed by atoms with E-state index in [0.29, 0.717) is 41.4 Å². The smallest absolute Gasteiger partial charge is 0.251 e. The molecule has 0 spiro atoms. The second kappa shape index (κ2) is 8.36. The molecule has 0 aliphatic rings. The molecule has 3 aromatic rings. The van der Waals surface area contributed by atoms with Crippen LogP contribution in [0.5, 0.6) is 5.75 Å². The molecule has 0 radical (unpaired) electrons. The van der Waals surface area contributed by atoms with Gasteiger partial charge in [0.15, 0.2) is 17.0 Å². The van der Waals surface area contributed by atoms with Gasteiger partial charge in [0, 0.05) is 26.6 Å². The van der Waals surface area contributed by atoms with Gasteiger partial charge in [0.05, 0.1) is 12.9 Å². The highest BCUT2D eigenvalue weighted by atomic mass is 32.2. The minimum Gasteiger partial charge on any atom is -0.497 e. The van der Waals surface area contributed by atoms with E-state index < -0.39 is 9.84 Å². The maximum Gasteiger partial charge on any atom is 0.251 e. The van der Waals surface area contributed by atoms with Crippen molar-refractivity contribution >= 4 is 26.8 Å². The van der Waals surface area contributed by atoms with Crippen LogP contribution >= 0.6 is 0 Å². The third-order valence-electron chi connectivity index (χ3n) is 4.95. The maximum atomic E-state index is 13.1. The molecular weight excluding hydrogens is 390 g/mol. The molecule has 1 aromatic carbocycles. The fourth-order valence-corrected chi connectivity index (χ4v) is 4.49. The van der Waals surface area contributed by atoms with Crippen molar-refractivity contribution in [3.8, 4) is 5.75 Å². The summed E-state index contributed by atoms with van der Waals surface area (Å²) in [5.41, 5.74) is 1.82. The number of ether oxygens (including phenoxy) is 1. The van der Waals surface area contributed by atoms with Gasteiger partial charge in [-0.25, -0.2) is 13.4 Å². The number of fused-ring (bicyclic) bond motifs is 1. The van der Waals surface area contributed by atoms with Gasteiger partial charge in [0.1, 0.15) is 11.6 Å². The average Bonchev–Trinajstić information content (AvgIpc) is 3.05. The largest absolute Gasteiger partial charge is 0.497 e. The van der Waals surface area contributed by atoms with Gasteiger partial charge in [-0.3, -0.25) is 0 Å². The minimum atomic E-state index is -3.74. The normalized spacial score (nSPS) is 11.8. The van der Waals surface area contributed by atoms with Gasteiger partial charge in [0.25, 0.3) is 5.16 Å². The number of rotatable bonds is 8. The molecule has 2 aromatic heterocycles. The average molecular weight is 418 g/mol. The summed E-state index contributed by atoms with van der Waals surface area (Å²) in [6.45, 7) is 7.41. The standard InChI is InChI=1S/C20H27N5O3S/c1-6-16-21-17-18(24(16)4)22-20(23-19(17)25(7-2)8-3)29(26,27)13-14-9-11-15(28-5)12-10-14/h9-12H,6-8,13H2,1-5H3. The number of hydrogen-bond acceptors (Lipinski definition) is 7. The molecule has 3 rings (SSSR count). The molecule has 29 heavy (non-hydrogen) atoms. The molecule has 0 saturated carbocycles. The molecule has 9 heteroatoms. The summed E-state index contributed by atoms with van der Waals surface area (Å²) in [5, 5.41) is -0.173. The molecule has 0 aliphatic carbocycles. The van der Waals surface area contributed by atoms with E-state index in [-0.39, 0.29) is 10.9 Å². The first-order chi connectivity index (χ1) is 13.8. The molecule has 0 N–H and O–H groups in total. The SMILES string of the molecule is CCc1nc2c(N(CC)CC)nc(S(=O)(=O)Cc3ccc(OC)cc3)nc2n1C. The molecule has 0 bridgehead atoms. The summed E-state index contributed by atoms with van der Waals surface area (Å²) in [6.07, 6.45) is 0.721. The number of nitrogens with zero attached hydrogens (tertiary/aromatic N) is 5. The predicted molar refractivity (Wildman–Crippen MR) is 113 cm³/mol. The first-order valence-electron chi connectivity index (χ1n) is 9.68. The van der Waals surface area contributed by atoms with E-state index in [9.17, 15) is 8.42 Å². The maximum absolute atomic E-state index is 13.1. The van der Waals surface area contributed by atoms with Crippen molar-refractivity contribution in [2.24, 2.45) is 7.05 Å². The van der Waals surface area contributed by atoms with Gasteiger partial charge in [-0.15, -0.1) is 0 Å². The number of benzene rings is 1. The molecule has 0 fully saturated rings.